The van der Waals surface area contributed by atoms with Gasteiger partial charge in [0.25, 0.3) is 0 Å². The first-order chi connectivity index (χ1) is 13.6. The standard InChI is InChI=1S/C20H26N4O4/c1-4-14-11-21-19(22-12-14)28-16-6-5-9-24(13-16)20(25)23-17-8-7-15(26-2)10-18(17)27-3/h7-8,10-12,16H,4-6,9,13H2,1-3H3,(H,23,25). The summed E-state index contributed by atoms with van der Waals surface area (Å²) in [5, 5.41) is 2.90. The third-order valence-corrected chi connectivity index (χ3v) is 4.68. The number of likely N-dealkylation sites (tertiary alicyclic amines) is 1. The van der Waals surface area contributed by atoms with Crippen molar-refractivity contribution in [3.63, 3.8) is 0 Å². The van der Waals surface area contributed by atoms with Gasteiger partial charge in [0, 0.05) is 25.0 Å². The predicted octanol–water partition coefficient (Wildman–Crippen LogP) is 3.13. The molecule has 3 rings (SSSR count). The molecular weight excluding hydrogens is 360 g/mol. The van der Waals surface area contributed by atoms with Gasteiger partial charge in [0.2, 0.25) is 0 Å². The summed E-state index contributed by atoms with van der Waals surface area (Å²) >= 11 is 0. The number of hydrogen-bond donors (Lipinski definition) is 1. The highest BCUT2D eigenvalue weighted by atomic mass is 16.5. The quantitative estimate of drug-likeness (QED) is 0.821. The fourth-order valence-electron chi connectivity index (χ4n) is 3.05. The molecule has 1 unspecified atom stereocenters. The number of urea groups is 1. The van der Waals surface area contributed by atoms with E-state index < -0.39 is 0 Å². The Bertz CT molecular complexity index is 797. The van der Waals surface area contributed by atoms with E-state index in [0.717, 1.165) is 24.8 Å². The van der Waals surface area contributed by atoms with Gasteiger partial charge in [0.15, 0.2) is 0 Å². The van der Waals surface area contributed by atoms with Crippen LogP contribution in [-0.2, 0) is 6.42 Å². The maximum Gasteiger partial charge on any atom is 0.322 e. The summed E-state index contributed by atoms with van der Waals surface area (Å²) in [5.74, 6) is 1.21. The van der Waals surface area contributed by atoms with E-state index >= 15 is 0 Å². The van der Waals surface area contributed by atoms with E-state index in [9.17, 15) is 4.79 Å². The van der Waals surface area contributed by atoms with Gasteiger partial charge < -0.3 is 24.4 Å². The SMILES string of the molecule is CCc1cnc(OC2CCCN(C(=O)Nc3ccc(OC)cc3OC)C2)nc1. The highest BCUT2D eigenvalue weighted by Crippen LogP contribution is 2.29. The van der Waals surface area contributed by atoms with E-state index in [2.05, 4.69) is 22.2 Å². The van der Waals surface area contributed by atoms with Crippen LogP contribution in [0.25, 0.3) is 0 Å². The highest BCUT2D eigenvalue weighted by Gasteiger charge is 2.26. The molecule has 1 aromatic heterocycles. The molecule has 1 aliphatic heterocycles. The second-order valence-corrected chi connectivity index (χ2v) is 6.55. The summed E-state index contributed by atoms with van der Waals surface area (Å²) in [6.45, 7) is 3.19. The normalized spacial score (nSPS) is 16.4. The third-order valence-electron chi connectivity index (χ3n) is 4.68. The van der Waals surface area contributed by atoms with Crippen molar-refractivity contribution < 1.29 is 19.0 Å². The summed E-state index contributed by atoms with van der Waals surface area (Å²) in [5.41, 5.74) is 1.65. The predicted molar refractivity (Wildman–Crippen MR) is 105 cm³/mol. The summed E-state index contributed by atoms with van der Waals surface area (Å²) in [6, 6.07) is 5.42. The van der Waals surface area contributed by atoms with Gasteiger partial charge in [-0.15, -0.1) is 0 Å². The van der Waals surface area contributed by atoms with E-state index in [1.807, 2.05) is 0 Å². The first-order valence-corrected chi connectivity index (χ1v) is 9.38. The number of rotatable bonds is 6. The lowest BCUT2D eigenvalue weighted by Gasteiger charge is -2.32. The van der Waals surface area contributed by atoms with Crippen molar-refractivity contribution >= 4 is 11.7 Å². The molecule has 150 valence electrons. The first-order valence-electron chi connectivity index (χ1n) is 9.38. The number of carbonyl (C=O) groups excluding carboxylic acids is 1. The van der Waals surface area contributed by atoms with Crippen molar-refractivity contribution in [1.82, 2.24) is 14.9 Å². The number of amides is 2. The largest absolute Gasteiger partial charge is 0.497 e. The maximum atomic E-state index is 12.7. The van der Waals surface area contributed by atoms with Gasteiger partial charge in [-0.25, -0.2) is 14.8 Å². The molecular formula is C20H26N4O4. The van der Waals surface area contributed by atoms with Gasteiger partial charge in [-0.1, -0.05) is 6.92 Å². The van der Waals surface area contributed by atoms with E-state index in [1.54, 1.807) is 49.7 Å². The fraction of sp³-hybridized carbons (Fsp3) is 0.450. The molecule has 0 aliphatic carbocycles. The minimum Gasteiger partial charge on any atom is -0.497 e. The number of aryl methyl sites for hydroxylation is 1. The Morgan fingerprint density at radius 2 is 2.04 bits per heavy atom. The molecule has 0 spiro atoms. The van der Waals surface area contributed by atoms with Gasteiger partial charge in [-0.05, 0) is 37.0 Å². The van der Waals surface area contributed by atoms with Crippen LogP contribution in [0.1, 0.15) is 25.3 Å². The average molecular weight is 386 g/mol. The lowest BCUT2D eigenvalue weighted by Crippen LogP contribution is -2.46. The molecule has 1 aromatic carbocycles. The Kier molecular flexibility index (Phi) is 6.52. The molecule has 1 fully saturated rings. The Morgan fingerprint density at radius 1 is 1.25 bits per heavy atom. The van der Waals surface area contributed by atoms with E-state index in [1.165, 1.54) is 0 Å². The number of methoxy groups -OCH3 is 2. The zero-order valence-corrected chi connectivity index (χ0v) is 16.5. The summed E-state index contributed by atoms with van der Waals surface area (Å²) in [7, 11) is 3.14. The molecule has 2 aromatic rings. The number of ether oxygens (including phenoxy) is 3. The van der Waals surface area contributed by atoms with Crippen molar-refractivity contribution in [2.75, 3.05) is 32.6 Å². The molecule has 8 heteroatoms. The van der Waals surface area contributed by atoms with Crippen molar-refractivity contribution in [1.29, 1.82) is 0 Å². The fourth-order valence-corrected chi connectivity index (χ4v) is 3.05. The number of anilines is 1. The third kappa shape index (κ3) is 4.82. The topological polar surface area (TPSA) is 85.8 Å². The van der Waals surface area contributed by atoms with Crippen LogP contribution >= 0.6 is 0 Å². The van der Waals surface area contributed by atoms with Crippen LogP contribution in [-0.4, -0.2) is 54.3 Å². The van der Waals surface area contributed by atoms with E-state index in [-0.39, 0.29) is 12.1 Å². The van der Waals surface area contributed by atoms with Gasteiger partial charge in [0.1, 0.15) is 17.6 Å². The molecule has 8 nitrogen and oxygen atoms in total. The van der Waals surface area contributed by atoms with Crippen LogP contribution in [0.4, 0.5) is 10.5 Å². The number of carbonyl (C=O) groups is 1. The summed E-state index contributed by atoms with van der Waals surface area (Å²) in [4.78, 5) is 22.9. The van der Waals surface area contributed by atoms with Crippen molar-refractivity contribution in [3.8, 4) is 17.5 Å². The van der Waals surface area contributed by atoms with Gasteiger partial charge in [0.05, 0.1) is 26.5 Å². The van der Waals surface area contributed by atoms with Crippen LogP contribution in [0.3, 0.4) is 0 Å². The van der Waals surface area contributed by atoms with Gasteiger partial charge in [-0.2, -0.15) is 0 Å². The zero-order valence-electron chi connectivity index (χ0n) is 16.5. The summed E-state index contributed by atoms with van der Waals surface area (Å²) in [6.07, 6.45) is 5.99. The van der Waals surface area contributed by atoms with Crippen LogP contribution in [0.15, 0.2) is 30.6 Å². The average Bonchev–Trinajstić information content (AvgIpc) is 2.74. The van der Waals surface area contributed by atoms with Crippen LogP contribution in [0.2, 0.25) is 0 Å². The molecule has 2 heterocycles. The first kappa shape index (κ1) is 19.7. The minimum absolute atomic E-state index is 0.135. The number of aromatic nitrogens is 2. The van der Waals surface area contributed by atoms with Crippen molar-refractivity contribution in [2.24, 2.45) is 0 Å². The van der Waals surface area contributed by atoms with E-state index in [0.29, 0.717) is 36.3 Å². The Labute approximate surface area is 164 Å². The highest BCUT2D eigenvalue weighted by molar-refractivity contribution is 5.91. The second kappa shape index (κ2) is 9.25. The Balaban J connectivity index is 1.61. The second-order valence-electron chi connectivity index (χ2n) is 6.55. The van der Waals surface area contributed by atoms with Gasteiger partial charge >= 0.3 is 12.0 Å². The van der Waals surface area contributed by atoms with Crippen LogP contribution < -0.4 is 19.5 Å². The number of nitrogens with zero attached hydrogens (tertiary/aromatic N) is 3. The molecule has 2 amide bonds. The summed E-state index contributed by atoms with van der Waals surface area (Å²) < 4.78 is 16.4. The van der Waals surface area contributed by atoms with Gasteiger partial charge in [-0.3, -0.25) is 0 Å². The van der Waals surface area contributed by atoms with Crippen LogP contribution in [0, 0.1) is 0 Å². The number of piperidine rings is 1. The minimum atomic E-state index is -0.195. The van der Waals surface area contributed by atoms with E-state index in [4.69, 9.17) is 14.2 Å². The Morgan fingerprint density at radius 3 is 2.71 bits per heavy atom. The molecule has 1 N–H and O–H groups in total. The lowest BCUT2D eigenvalue weighted by atomic mass is 10.1. The Hall–Kier alpha value is -3.03. The van der Waals surface area contributed by atoms with Crippen molar-refractivity contribution in [2.45, 2.75) is 32.3 Å². The lowest BCUT2D eigenvalue weighted by molar-refractivity contribution is 0.0982. The maximum absolute atomic E-state index is 12.7. The van der Waals surface area contributed by atoms with Crippen molar-refractivity contribution in [3.05, 3.63) is 36.2 Å². The molecule has 0 saturated carbocycles. The molecule has 0 bridgehead atoms. The molecule has 0 radical (unpaired) electrons. The number of nitrogens with one attached hydrogen (secondary N) is 1. The number of benzene rings is 1. The zero-order chi connectivity index (χ0) is 19.9. The van der Waals surface area contributed by atoms with Crippen LogP contribution in [0.5, 0.6) is 17.5 Å². The smallest absolute Gasteiger partial charge is 0.322 e. The molecule has 1 atom stereocenters. The molecule has 1 aliphatic rings. The number of hydrogen-bond acceptors (Lipinski definition) is 6. The molecule has 1 saturated heterocycles. The monoisotopic (exact) mass is 386 g/mol. The molecule has 28 heavy (non-hydrogen) atoms.